The normalized spacial score (nSPS) is 13.6. The molecule has 1 amide bonds. The lowest BCUT2D eigenvalue weighted by atomic mass is 9.91. The van der Waals surface area contributed by atoms with Crippen molar-refractivity contribution in [2.75, 3.05) is 6.54 Å². The molecule has 3 rings (SSSR count). The maximum Gasteiger partial charge on any atom is 0.267 e. The lowest BCUT2D eigenvalue weighted by Gasteiger charge is -2.17. The second-order valence-electron chi connectivity index (χ2n) is 5.84. The maximum absolute atomic E-state index is 12.1. The summed E-state index contributed by atoms with van der Waals surface area (Å²) >= 11 is 0. The predicted octanol–water partition coefficient (Wildman–Crippen LogP) is 0.594. The number of nitrogens with zero attached hydrogens (tertiary/aromatic N) is 3. The largest absolute Gasteiger partial charge is 0.356 e. The van der Waals surface area contributed by atoms with Gasteiger partial charge in [-0.05, 0) is 37.7 Å². The fourth-order valence-corrected chi connectivity index (χ4v) is 3.00. The van der Waals surface area contributed by atoms with Gasteiger partial charge in [-0.1, -0.05) is 0 Å². The number of hydrogen-bond donors (Lipinski definition) is 2. The van der Waals surface area contributed by atoms with Crippen LogP contribution in [-0.2, 0) is 30.6 Å². The lowest BCUT2D eigenvalue weighted by Crippen LogP contribution is -2.30. The summed E-state index contributed by atoms with van der Waals surface area (Å²) in [7, 11) is 0. The van der Waals surface area contributed by atoms with Gasteiger partial charge in [-0.3, -0.25) is 9.59 Å². The van der Waals surface area contributed by atoms with Crippen LogP contribution in [0.1, 0.15) is 36.1 Å². The minimum Gasteiger partial charge on any atom is -0.356 e. The molecule has 0 fully saturated rings. The third-order valence-electron chi connectivity index (χ3n) is 4.19. The highest BCUT2D eigenvalue weighted by Gasteiger charge is 2.19. The summed E-state index contributed by atoms with van der Waals surface area (Å²) in [6, 6.07) is 0. The summed E-state index contributed by atoms with van der Waals surface area (Å²) in [5.74, 6) is -0.0528. The first kappa shape index (κ1) is 15.5. The third kappa shape index (κ3) is 3.85. The van der Waals surface area contributed by atoms with Gasteiger partial charge in [-0.15, -0.1) is 0 Å². The highest BCUT2D eigenvalue weighted by atomic mass is 16.1. The van der Waals surface area contributed by atoms with Gasteiger partial charge in [0.15, 0.2) is 0 Å². The Morgan fingerprint density at radius 1 is 1.30 bits per heavy atom. The SMILES string of the molecule is O=C(Cc1n[nH]c(=O)c2c1CCCC2)NCCCn1ccnc1. The molecule has 23 heavy (non-hydrogen) atoms. The summed E-state index contributed by atoms with van der Waals surface area (Å²) in [5, 5.41) is 9.52. The Morgan fingerprint density at radius 3 is 2.91 bits per heavy atom. The number of aromatic nitrogens is 4. The van der Waals surface area contributed by atoms with E-state index in [1.807, 2.05) is 10.8 Å². The summed E-state index contributed by atoms with van der Waals surface area (Å²) in [6.07, 6.45) is 10.2. The number of amides is 1. The van der Waals surface area contributed by atoms with Crippen LogP contribution in [0.3, 0.4) is 0 Å². The highest BCUT2D eigenvalue weighted by Crippen LogP contribution is 2.20. The van der Waals surface area contributed by atoms with Crippen molar-refractivity contribution in [1.82, 2.24) is 25.1 Å². The van der Waals surface area contributed by atoms with Gasteiger partial charge in [-0.2, -0.15) is 5.10 Å². The van der Waals surface area contributed by atoms with Crippen LogP contribution in [0.25, 0.3) is 0 Å². The molecule has 0 saturated carbocycles. The van der Waals surface area contributed by atoms with Gasteiger partial charge in [-0.25, -0.2) is 10.1 Å². The average Bonchev–Trinajstić information content (AvgIpc) is 3.08. The first-order valence-corrected chi connectivity index (χ1v) is 8.06. The van der Waals surface area contributed by atoms with Gasteiger partial charge in [0, 0.05) is 31.0 Å². The van der Waals surface area contributed by atoms with Crippen LogP contribution in [-0.4, -0.2) is 32.2 Å². The van der Waals surface area contributed by atoms with Gasteiger partial charge in [0.05, 0.1) is 18.4 Å². The second kappa shape index (κ2) is 7.21. The van der Waals surface area contributed by atoms with Crippen LogP contribution >= 0.6 is 0 Å². The molecule has 1 aliphatic rings. The second-order valence-corrected chi connectivity index (χ2v) is 5.84. The zero-order chi connectivity index (χ0) is 16.1. The molecule has 0 aliphatic heterocycles. The number of nitrogens with one attached hydrogen (secondary N) is 2. The zero-order valence-corrected chi connectivity index (χ0v) is 13.0. The number of carbonyl (C=O) groups excluding carboxylic acids is 1. The molecular formula is C16H21N5O2. The first-order valence-electron chi connectivity index (χ1n) is 8.06. The van der Waals surface area contributed by atoms with Crippen molar-refractivity contribution in [3.8, 4) is 0 Å². The molecule has 122 valence electrons. The smallest absolute Gasteiger partial charge is 0.267 e. The molecule has 7 nitrogen and oxygen atoms in total. The number of fused-ring (bicyclic) bond motifs is 1. The Labute approximate surface area is 134 Å². The number of aryl methyl sites for hydroxylation is 1. The molecule has 0 unspecified atom stereocenters. The van der Waals surface area contributed by atoms with E-state index in [9.17, 15) is 9.59 Å². The average molecular weight is 315 g/mol. The molecule has 0 radical (unpaired) electrons. The minimum absolute atomic E-state index is 0.0528. The minimum atomic E-state index is -0.107. The summed E-state index contributed by atoms with van der Waals surface area (Å²) in [6.45, 7) is 1.44. The van der Waals surface area contributed by atoms with Crippen molar-refractivity contribution in [1.29, 1.82) is 0 Å². The van der Waals surface area contributed by atoms with E-state index in [-0.39, 0.29) is 17.9 Å². The van der Waals surface area contributed by atoms with E-state index in [2.05, 4.69) is 20.5 Å². The molecule has 2 aromatic rings. The number of imidazole rings is 1. The summed E-state index contributed by atoms with van der Waals surface area (Å²) in [5.41, 5.74) is 2.40. The molecule has 0 spiro atoms. The Hall–Kier alpha value is -2.44. The molecular weight excluding hydrogens is 294 g/mol. The van der Waals surface area contributed by atoms with Crippen LogP contribution in [0.15, 0.2) is 23.5 Å². The van der Waals surface area contributed by atoms with E-state index in [0.29, 0.717) is 12.2 Å². The van der Waals surface area contributed by atoms with Crippen molar-refractivity contribution >= 4 is 5.91 Å². The Bertz CT molecular complexity index is 721. The van der Waals surface area contributed by atoms with E-state index in [4.69, 9.17) is 0 Å². The Balaban J connectivity index is 1.53. The van der Waals surface area contributed by atoms with Crippen LogP contribution in [0.4, 0.5) is 0 Å². The molecule has 2 heterocycles. The van der Waals surface area contributed by atoms with E-state index in [1.54, 1.807) is 12.5 Å². The maximum atomic E-state index is 12.1. The number of aromatic amines is 1. The molecule has 0 bridgehead atoms. The number of rotatable bonds is 6. The van der Waals surface area contributed by atoms with Gasteiger partial charge < -0.3 is 9.88 Å². The first-order chi connectivity index (χ1) is 11.2. The van der Waals surface area contributed by atoms with Gasteiger partial charge >= 0.3 is 0 Å². The van der Waals surface area contributed by atoms with Gasteiger partial charge in [0.2, 0.25) is 5.91 Å². The number of carbonyl (C=O) groups is 1. The van der Waals surface area contributed by atoms with E-state index in [0.717, 1.165) is 49.8 Å². The quantitative estimate of drug-likeness (QED) is 0.763. The van der Waals surface area contributed by atoms with Crippen LogP contribution in [0.5, 0.6) is 0 Å². The van der Waals surface area contributed by atoms with Crippen LogP contribution in [0, 0.1) is 0 Å². The number of hydrogen-bond acceptors (Lipinski definition) is 4. The fraction of sp³-hybridized carbons (Fsp3) is 0.500. The van der Waals surface area contributed by atoms with Crippen LogP contribution in [0.2, 0.25) is 0 Å². The topological polar surface area (TPSA) is 92.7 Å². The zero-order valence-electron chi connectivity index (χ0n) is 13.0. The standard InChI is InChI=1S/C16H21N5O2/c22-15(18-6-3-8-21-9-7-17-11-21)10-14-12-4-1-2-5-13(12)16(23)20-19-14/h7,9,11H,1-6,8,10H2,(H,18,22)(H,20,23). The molecule has 2 N–H and O–H groups in total. The lowest BCUT2D eigenvalue weighted by molar-refractivity contribution is -0.120. The summed E-state index contributed by atoms with van der Waals surface area (Å²) in [4.78, 5) is 27.9. The van der Waals surface area contributed by atoms with Crippen molar-refractivity contribution < 1.29 is 4.79 Å². The van der Waals surface area contributed by atoms with Gasteiger partial charge in [0.25, 0.3) is 5.56 Å². The monoisotopic (exact) mass is 315 g/mol. The molecule has 0 saturated heterocycles. The van der Waals surface area contributed by atoms with E-state index >= 15 is 0 Å². The molecule has 0 atom stereocenters. The molecule has 7 heteroatoms. The Kier molecular flexibility index (Phi) is 4.85. The molecule has 2 aromatic heterocycles. The number of H-pyrrole nitrogens is 1. The third-order valence-corrected chi connectivity index (χ3v) is 4.19. The Morgan fingerprint density at radius 2 is 2.13 bits per heavy atom. The van der Waals surface area contributed by atoms with Crippen molar-refractivity contribution in [2.24, 2.45) is 0 Å². The van der Waals surface area contributed by atoms with Gasteiger partial charge in [0.1, 0.15) is 0 Å². The van der Waals surface area contributed by atoms with Crippen molar-refractivity contribution in [3.63, 3.8) is 0 Å². The van der Waals surface area contributed by atoms with Crippen molar-refractivity contribution in [3.05, 3.63) is 45.9 Å². The summed E-state index contributed by atoms with van der Waals surface area (Å²) < 4.78 is 1.98. The predicted molar refractivity (Wildman–Crippen MR) is 85.1 cm³/mol. The van der Waals surface area contributed by atoms with E-state index in [1.165, 1.54) is 0 Å². The molecule has 1 aliphatic carbocycles. The van der Waals surface area contributed by atoms with Crippen LogP contribution < -0.4 is 10.9 Å². The van der Waals surface area contributed by atoms with E-state index < -0.39 is 0 Å². The highest BCUT2D eigenvalue weighted by molar-refractivity contribution is 5.78. The fourth-order valence-electron chi connectivity index (χ4n) is 3.00. The van der Waals surface area contributed by atoms with Crippen molar-refractivity contribution in [2.45, 2.75) is 45.1 Å². The molecule has 0 aromatic carbocycles.